The van der Waals surface area contributed by atoms with Crippen molar-refractivity contribution in [2.24, 2.45) is 0 Å². The molecule has 32 heavy (non-hydrogen) atoms. The van der Waals surface area contributed by atoms with Crippen LogP contribution in [0.4, 0.5) is 4.79 Å². The zero-order chi connectivity index (χ0) is 24.3. The molecule has 180 valence electrons. The van der Waals surface area contributed by atoms with Gasteiger partial charge in [0.05, 0.1) is 6.61 Å². The van der Waals surface area contributed by atoms with Gasteiger partial charge in [-0.25, -0.2) is 4.79 Å². The van der Waals surface area contributed by atoms with E-state index in [4.69, 9.17) is 4.74 Å². The number of carbonyl (C=O) groups is 3. The Balaban J connectivity index is 3.27. The molecule has 9 nitrogen and oxygen atoms in total. The molecule has 0 radical (unpaired) electrons. The zero-order valence-corrected chi connectivity index (χ0v) is 20.0. The lowest BCUT2D eigenvalue weighted by molar-refractivity contribution is -0.142. The Morgan fingerprint density at radius 1 is 1.22 bits per heavy atom. The molecule has 1 aromatic rings. The molecule has 10 heteroatoms. The number of amides is 3. The number of phenols is 1. The van der Waals surface area contributed by atoms with Crippen LogP contribution >= 0.6 is 12.6 Å². The maximum absolute atomic E-state index is 13.4. The number of ether oxygens (including phenoxy) is 1. The van der Waals surface area contributed by atoms with E-state index < -0.39 is 42.2 Å². The van der Waals surface area contributed by atoms with Gasteiger partial charge in [0.15, 0.2) is 0 Å². The Morgan fingerprint density at radius 3 is 2.41 bits per heavy atom. The Bertz CT molecular complexity index is 768. The van der Waals surface area contributed by atoms with Gasteiger partial charge < -0.3 is 30.5 Å². The van der Waals surface area contributed by atoms with Gasteiger partial charge in [-0.1, -0.05) is 31.5 Å². The summed E-state index contributed by atoms with van der Waals surface area (Å²) in [5, 5.41) is 25.2. The van der Waals surface area contributed by atoms with Crippen LogP contribution in [0, 0.1) is 0 Å². The van der Waals surface area contributed by atoms with Gasteiger partial charge in [0, 0.05) is 24.4 Å². The second-order valence-corrected chi connectivity index (χ2v) is 8.61. The van der Waals surface area contributed by atoms with E-state index in [1.165, 1.54) is 12.1 Å². The van der Waals surface area contributed by atoms with Crippen molar-refractivity contribution in [3.05, 3.63) is 29.8 Å². The number of thiol groups is 1. The van der Waals surface area contributed by atoms with Crippen LogP contribution in [0.2, 0.25) is 0 Å². The second-order valence-electron chi connectivity index (χ2n) is 8.24. The molecule has 0 spiro atoms. The fraction of sp³-hybridized carbons (Fsp3) is 0.591. The molecular formula is C22H35N3O6S. The molecule has 2 unspecified atom stereocenters. The Hall–Kier alpha value is -2.46. The number of alkyl carbamates (subject to hydrolysis) is 1. The number of rotatable bonds is 11. The predicted octanol–water partition coefficient (Wildman–Crippen LogP) is 1.99. The van der Waals surface area contributed by atoms with E-state index in [1.54, 1.807) is 32.9 Å². The molecule has 0 heterocycles. The van der Waals surface area contributed by atoms with Gasteiger partial charge in [-0.15, -0.1) is 0 Å². The minimum absolute atomic E-state index is 0.0645. The maximum atomic E-state index is 13.4. The number of unbranched alkanes of at least 4 members (excludes halogenated alkanes) is 1. The van der Waals surface area contributed by atoms with Crippen LogP contribution in [0.25, 0.3) is 0 Å². The summed E-state index contributed by atoms with van der Waals surface area (Å²) >= 11 is 4.17. The normalized spacial score (nSPS) is 13.1. The highest BCUT2D eigenvalue weighted by Gasteiger charge is 2.36. The molecule has 0 aromatic heterocycles. The first-order valence-corrected chi connectivity index (χ1v) is 11.3. The summed E-state index contributed by atoms with van der Waals surface area (Å²) in [6, 6.07) is 3.86. The number of nitrogens with zero attached hydrogens (tertiary/aromatic N) is 1. The first-order chi connectivity index (χ1) is 15.1. The number of benzene rings is 1. The summed E-state index contributed by atoms with van der Waals surface area (Å²) in [6.07, 6.45) is 0.801. The van der Waals surface area contributed by atoms with Gasteiger partial charge >= 0.3 is 6.09 Å². The number of carbonyl (C=O) groups excluding carboxylic acids is 3. The van der Waals surface area contributed by atoms with E-state index in [0.717, 1.165) is 17.7 Å². The average Bonchev–Trinajstić information content (AvgIpc) is 2.71. The zero-order valence-electron chi connectivity index (χ0n) is 19.1. The molecule has 0 aliphatic carbocycles. The van der Waals surface area contributed by atoms with Crippen LogP contribution in [0.1, 0.15) is 52.1 Å². The third kappa shape index (κ3) is 8.58. The van der Waals surface area contributed by atoms with Crippen molar-refractivity contribution >= 4 is 30.5 Å². The number of hydrogen-bond donors (Lipinski definition) is 5. The number of para-hydroxylation sites is 1. The lowest BCUT2D eigenvalue weighted by atomic mass is 10.0. The number of aliphatic hydroxyl groups excluding tert-OH is 1. The number of aliphatic hydroxyl groups is 1. The van der Waals surface area contributed by atoms with Crippen LogP contribution in [0.15, 0.2) is 24.3 Å². The molecular weight excluding hydrogens is 434 g/mol. The van der Waals surface area contributed by atoms with E-state index >= 15 is 0 Å². The Labute approximate surface area is 194 Å². The SMILES string of the molecule is CCCCNC(=O)C(c1ccccc1O)N(CCO)C(=O)C(CS)NC(=O)OC(C)(C)C. The largest absolute Gasteiger partial charge is 0.508 e. The molecule has 0 fully saturated rings. The van der Waals surface area contributed by atoms with Gasteiger partial charge in [-0.05, 0) is 33.3 Å². The topological polar surface area (TPSA) is 128 Å². The first-order valence-electron chi connectivity index (χ1n) is 10.6. The third-order valence-electron chi connectivity index (χ3n) is 4.42. The van der Waals surface area contributed by atoms with Crippen molar-refractivity contribution in [1.82, 2.24) is 15.5 Å². The highest BCUT2D eigenvalue weighted by molar-refractivity contribution is 7.80. The van der Waals surface area contributed by atoms with E-state index in [9.17, 15) is 24.6 Å². The smallest absolute Gasteiger partial charge is 0.408 e. The minimum Gasteiger partial charge on any atom is -0.508 e. The molecule has 4 N–H and O–H groups in total. The summed E-state index contributed by atoms with van der Waals surface area (Å²) in [7, 11) is 0. The monoisotopic (exact) mass is 469 g/mol. The molecule has 2 atom stereocenters. The number of aromatic hydroxyl groups is 1. The van der Waals surface area contributed by atoms with Crippen molar-refractivity contribution in [3.8, 4) is 5.75 Å². The van der Waals surface area contributed by atoms with E-state index in [-0.39, 0.29) is 23.6 Å². The van der Waals surface area contributed by atoms with Gasteiger partial charge in [0.1, 0.15) is 23.4 Å². The summed E-state index contributed by atoms with van der Waals surface area (Å²) in [5.74, 6) is -1.37. The van der Waals surface area contributed by atoms with E-state index in [2.05, 4.69) is 23.3 Å². The lowest BCUT2D eigenvalue weighted by Gasteiger charge is -2.34. The minimum atomic E-state index is -1.21. The lowest BCUT2D eigenvalue weighted by Crippen LogP contribution is -2.54. The van der Waals surface area contributed by atoms with Gasteiger partial charge in [0.2, 0.25) is 11.8 Å². The summed E-state index contributed by atoms with van der Waals surface area (Å²) < 4.78 is 5.21. The summed E-state index contributed by atoms with van der Waals surface area (Å²) in [4.78, 5) is 39.8. The fourth-order valence-electron chi connectivity index (χ4n) is 2.96. The molecule has 0 bridgehead atoms. The van der Waals surface area contributed by atoms with Crippen molar-refractivity contribution in [1.29, 1.82) is 0 Å². The van der Waals surface area contributed by atoms with Crippen LogP contribution in [-0.4, -0.2) is 70.1 Å². The summed E-state index contributed by atoms with van der Waals surface area (Å²) in [6.45, 7) is 6.83. The Morgan fingerprint density at radius 2 is 1.88 bits per heavy atom. The van der Waals surface area contributed by atoms with Crippen molar-refractivity contribution in [3.63, 3.8) is 0 Å². The highest BCUT2D eigenvalue weighted by atomic mass is 32.1. The maximum Gasteiger partial charge on any atom is 0.408 e. The molecule has 1 rings (SSSR count). The number of phenolic OH excluding ortho intramolecular Hbond substituents is 1. The molecule has 0 saturated heterocycles. The predicted molar refractivity (Wildman–Crippen MR) is 125 cm³/mol. The van der Waals surface area contributed by atoms with Crippen molar-refractivity contribution < 1.29 is 29.3 Å². The van der Waals surface area contributed by atoms with E-state index in [0.29, 0.717) is 6.54 Å². The van der Waals surface area contributed by atoms with Gasteiger partial charge in [-0.2, -0.15) is 12.6 Å². The van der Waals surface area contributed by atoms with Crippen molar-refractivity contribution in [2.75, 3.05) is 25.4 Å². The molecule has 0 aliphatic rings. The van der Waals surface area contributed by atoms with E-state index in [1.807, 2.05) is 6.92 Å². The first kappa shape index (κ1) is 27.6. The number of hydrogen-bond acceptors (Lipinski definition) is 7. The van der Waals surface area contributed by atoms with Crippen LogP contribution in [-0.2, 0) is 14.3 Å². The van der Waals surface area contributed by atoms with Crippen molar-refractivity contribution in [2.45, 2.75) is 58.2 Å². The van der Waals surface area contributed by atoms with Crippen LogP contribution in [0.3, 0.4) is 0 Å². The van der Waals surface area contributed by atoms with Gasteiger partial charge in [-0.3, -0.25) is 9.59 Å². The molecule has 1 aromatic carbocycles. The Kier molecular flexibility index (Phi) is 11.3. The van der Waals surface area contributed by atoms with Crippen LogP contribution in [0.5, 0.6) is 5.75 Å². The number of nitrogens with one attached hydrogen (secondary N) is 2. The average molecular weight is 470 g/mol. The van der Waals surface area contributed by atoms with Crippen LogP contribution < -0.4 is 10.6 Å². The third-order valence-corrected chi connectivity index (χ3v) is 4.78. The highest BCUT2D eigenvalue weighted by Crippen LogP contribution is 2.29. The molecule has 3 amide bonds. The quantitative estimate of drug-likeness (QED) is 0.249. The standard InChI is InChI=1S/C22H35N3O6S/c1-5-6-11-23-19(28)18(15-9-7-8-10-17(15)27)25(12-13-26)20(29)16(14-32)24-21(30)31-22(2,3)4/h7-10,16,18,26-27,32H,5-6,11-14H2,1-4H3,(H,23,28)(H,24,30). The van der Waals surface area contributed by atoms with Gasteiger partial charge in [0.25, 0.3) is 0 Å². The fourth-order valence-corrected chi connectivity index (χ4v) is 3.21. The molecule has 0 saturated carbocycles. The second kappa shape index (κ2) is 13.2. The summed E-state index contributed by atoms with van der Waals surface area (Å²) in [5.41, 5.74) is -0.560. The molecule has 0 aliphatic heterocycles.